The molecule has 2 atom stereocenters. The number of carbonyl (C=O) groups is 2. The van der Waals surface area contributed by atoms with Crippen molar-refractivity contribution in [3.8, 4) is 0 Å². The molecule has 3 aromatic rings. The van der Waals surface area contributed by atoms with Gasteiger partial charge in [-0.15, -0.1) is 0 Å². The molecular formula is C20H17ClN2O3. The minimum atomic E-state index is -0.501. The molecule has 0 radical (unpaired) electrons. The number of esters is 1. The maximum atomic E-state index is 12.7. The Morgan fingerprint density at radius 3 is 2.81 bits per heavy atom. The molecule has 0 bridgehead atoms. The van der Waals surface area contributed by atoms with Crippen molar-refractivity contribution in [1.82, 2.24) is 10.3 Å². The molecule has 0 unspecified atom stereocenters. The molecule has 0 saturated heterocycles. The van der Waals surface area contributed by atoms with Crippen LogP contribution in [0.1, 0.15) is 27.5 Å². The zero-order valence-electron chi connectivity index (χ0n) is 14.1. The highest BCUT2D eigenvalue weighted by atomic mass is 35.5. The van der Waals surface area contributed by atoms with Gasteiger partial charge in [0.05, 0.1) is 13.2 Å². The highest BCUT2D eigenvalue weighted by molar-refractivity contribution is 6.31. The van der Waals surface area contributed by atoms with Gasteiger partial charge >= 0.3 is 5.97 Å². The summed E-state index contributed by atoms with van der Waals surface area (Å²) in [5.41, 5.74) is 3.23. The fourth-order valence-corrected chi connectivity index (χ4v) is 3.80. The molecule has 0 aliphatic heterocycles. The average molecular weight is 369 g/mol. The number of hydrogen-bond acceptors (Lipinski definition) is 3. The van der Waals surface area contributed by atoms with Gasteiger partial charge in [0.1, 0.15) is 11.6 Å². The number of hydrogen-bond donors (Lipinski definition) is 2. The molecule has 26 heavy (non-hydrogen) atoms. The van der Waals surface area contributed by atoms with Crippen molar-refractivity contribution in [2.24, 2.45) is 0 Å². The van der Waals surface area contributed by atoms with E-state index in [9.17, 15) is 9.59 Å². The quantitative estimate of drug-likeness (QED) is 0.696. The van der Waals surface area contributed by atoms with Gasteiger partial charge in [0, 0.05) is 15.9 Å². The van der Waals surface area contributed by atoms with Crippen molar-refractivity contribution in [3.05, 3.63) is 70.4 Å². The van der Waals surface area contributed by atoms with Gasteiger partial charge < -0.3 is 15.0 Å². The Bertz CT molecular complexity index is 1010. The van der Waals surface area contributed by atoms with Gasteiger partial charge in [0.15, 0.2) is 0 Å². The molecule has 1 amide bonds. The van der Waals surface area contributed by atoms with Crippen molar-refractivity contribution >= 4 is 34.4 Å². The SMILES string of the molecule is COC(=O)[C@@H]1c2ccccc2C[C@H]1NC(=O)c1cc2cc(Cl)ccc2[nH]1. The Labute approximate surface area is 155 Å². The zero-order valence-corrected chi connectivity index (χ0v) is 14.8. The average Bonchev–Trinajstić information content (AvgIpc) is 3.21. The predicted molar refractivity (Wildman–Crippen MR) is 99.5 cm³/mol. The van der Waals surface area contributed by atoms with Crippen molar-refractivity contribution < 1.29 is 14.3 Å². The molecule has 132 valence electrons. The van der Waals surface area contributed by atoms with Crippen LogP contribution in [0.2, 0.25) is 5.02 Å². The summed E-state index contributed by atoms with van der Waals surface area (Å²) in [6.07, 6.45) is 0.591. The predicted octanol–water partition coefficient (Wildman–Crippen LogP) is 3.43. The number of benzene rings is 2. The summed E-state index contributed by atoms with van der Waals surface area (Å²) in [4.78, 5) is 28.1. The van der Waals surface area contributed by atoms with Crippen LogP contribution < -0.4 is 5.32 Å². The van der Waals surface area contributed by atoms with E-state index in [1.807, 2.05) is 30.3 Å². The van der Waals surface area contributed by atoms with Crippen LogP contribution in [0.5, 0.6) is 0 Å². The first-order chi connectivity index (χ1) is 12.6. The van der Waals surface area contributed by atoms with E-state index in [2.05, 4.69) is 10.3 Å². The Hall–Kier alpha value is -2.79. The minimum absolute atomic E-state index is 0.260. The number of rotatable bonds is 3. The number of methoxy groups -OCH3 is 1. The maximum Gasteiger partial charge on any atom is 0.315 e. The molecule has 0 fully saturated rings. The monoisotopic (exact) mass is 368 g/mol. The largest absolute Gasteiger partial charge is 0.468 e. The molecule has 2 N–H and O–H groups in total. The fraction of sp³-hybridized carbons (Fsp3) is 0.200. The maximum absolute atomic E-state index is 12.7. The standard InChI is InChI=1S/C20H17ClN2O3/c1-26-20(25)18-14-5-3-2-4-11(14)9-16(18)23-19(24)17-10-12-8-13(21)6-7-15(12)22-17/h2-8,10,16,18,22H,9H2,1H3,(H,23,24)/t16-,18-/m1/s1. The van der Waals surface area contributed by atoms with E-state index in [-0.39, 0.29) is 17.9 Å². The molecule has 1 aromatic heterocycles. The third-order valence-corrected chi connectivity index (χ3v) is 5.07. The molecule has 2 aromatic carbocycles. The third kappa shape index (κ3) is 2.84. The summed E-state index contributed by atoms with van der Waals surface area (Å²) in [6, 6.07) is 14.5. The molecule has 6 heteroatoms. The Morgan fingerprint density at radius 2 is 2.00 bits per heavy atom. The molecular weight excluding hydrogens is 352 g/mol. The first-order valence-corrected chi connectivity index (χ1v) is 8.69. The summed E-state index contributed by atoms with van der Waals surface area (Å²) in [6.45, 7) is 0. The number of nitrogens with one attached hydrogen (secondary N) is 2. The topological polar surface area (TPSA) is 71.2 Å². The van der Waals surface area contributed by atoms with Gasteiger partial charge in [-0.1, -0.05) is 35.9 Å². The molecule has 4 rings (SSSR count). The van der Waals surface area contributed by atoms with Crippen LogP contribution in [0.25, 0.3) is 10.9 Å². The highest BCUT2D eigenvalue weighted by Gasteiger charge is 2.39. The number of halogens is 1. The lowest BCUT2D eigenvalue weighted by Gasteiger charge is -2.19. The van der Waals surface area contributed by atoms with E-state index in [4.69, 9.17) is 16.3 Å². The number of ether oxygens (including phenoxy) is 1. The summed E-state index contributed by atoms with van der Waals surface area (Å²) in [5, 5.41) is 4.45. The molecule has 1 aliphatic carbocycles. The van der Waals surface area contributed by atoms with Crippen LogP contribution in [0.15, 0.2) is 48.5 Å². The van der Waals surface area contributed by atoms with Crippen LogP contribution in [0, 0.1) is 0 Å². The lowest BCUT2D eigenvalue weighted by Crippen LogP contribution is -2.40. The van der Waals surface area contributed by atoms with Crippen molar-refractivity contribution in [3.63, 3.8) is 0 Å². The summed E-state index contributed by atoms with van der Waals surface area (Å²) < 4.78 is 4.96. The molecule has 0 saturated carbocycles. The summed E-state index contributed by atoms with van der Waals surface area (Å²) >= 11 is 6.00. The minimum Gasteiger partial charge on any atom is -0.468 e. The molecule has 5 nitrogen and oxygen atoms in total. The van der Waals surface area contributed by atoms with Gasteiger partial charge in [-0.25, -0.2) is 0 Å². The molecule has 0 spiro atoms. The number of H-pyrrole nitrogens is 1. The van der Waals surface area contributed by atoms with Gasteiger partial charge in [-0.2, -0.15) is 0 Å². The number of fused-ring (bicyclic) bond motifs is 2. The van der Waals surface area contributed by atoms with Crippen LogP contribution in [-0.2, 0) is 16.0 Å². The van der Waals surface area contributed by atoms with Crippen LogP contribution in [0.4, 0.5) is 0 Å². The van der Waals surface area contributed by atoms with E-state index in [1.165, 1.54) is 7.11 Å². The van der Waals surface area contributed by atoms with Crippen LogP contribution in [-0.4, -0.2) is 30.0 Å². The lowest BCUT2D eigenvalue weighted by molar-refractivity contribution is -0.142. The Kier molecular flexibility index (Phi) is 4.17. The first-order valence-electron chi connectivity index (χ1n) is 8.31. The second-order valence-electron chi connectivity index (χ2n) is 6.40. The zero-order chi connectivity index (χ0) is 18.3. The van der Waals surface area contributed by atoms with Crippen LogP contribution >= 0.6 is 11.6 Å². The van der Waals surface area contributed by atoms with Crippen molar-refractivity contribution in [2.75, 3.05) is 7.11 Å². The number of aromatic amines is 1. The van der Waals surface area contributed by atoms with Crippen molar-refractivity contribution in [1.29, 1.82) is 0 Å². The van der Waals surface area contributed by atoms with Gasteiger partial charge in [0.25, 0.3) is 5.91 Å². The lowest BCUT2D eigenvalue weighted by atomic mass is 9.98. The number of carbonyl (C=O) groups excluding carboxylic acids is 2. The van der Waals surface area contributed by atoms with Gasteiger partial charge in [0.2, 0.25) is 0 Å². The Balaban J connectivity index is 1.61. The normalized spacial score (nSPS) is 18.5. The second kappa shape index (κ2) is 6.50. The van der Waals surface area contributed by atoms with Crippen LogP contribution in [0.3, 0.4) is 0 Å². The Morgan fingerprint density at radius 1 is 1.19 bits per heavy atom. The second-order valence-corrected chi connectivity index (χ2v) is 6.83. The summed E-state index contributed by atoms with van der Waals surface area (Å²) in [5.74, 6) is -1.10. The summed E-state index contributed by atoms with van der Waals surface area (Å²) in [7, 11) is 1.36. The molecule has 1 aliphatic rings. The van der Waals surface area contributed by atoms with E-state index >= 15 is 0 Å². The van der Waals surface area contributed by atoms with E-state index in [0.717, 1.165) is 22.0 Å². The number of amides is 1. The fourth-order valence-electron chi connectivity index (χ4n) is 3.62. The molecule has 1 heterocycles. The van der Waals surface area contributed by atoms with E-state index < -0.39 is 5.92 Å². The number of aromatic nitrogens is 1. The van der Waals surface area contributed by atoms with Crippen molar-refractivity contribution in [2.45, 2.75) is 18.4 Å². The smallest absolute Gasteiger partial charge is 0.315 e. The van der Waals surface area contributed by atoms with Gasteiger partial charge in [-0.05, 0) is 41.8 Å². The van der Waals surface area contributed by atoms with E-state index in [1.54, 1.807) is 18.2 Å². The van der Waals surface area contributed by atoms with Gasteiger partial charge in [-0.3, -0.25) is 9.59 Å². The van der Waals surface area contributed by atoms with E-state index in [0.29, 0.717) is 17.1 Å². The first kappa shape index (κ1) is 16.7. The third-order valence-electron chi connectivity index (χ3n) is 4.83. The highest BCUT2D eigenvalue weighted by Crippen LogP contribution is 2.34.